The topological polar surface area (TPSA) is 40.5 Å². The monoisotopic (exact) mass is 302 g/mol. The number of aliphatic hydroxyl groups excluding tert-OH is 1. The van der Waals surface area contributed by atoms with Gasteiger partial charge in [-0.25, -0.2) is 0 Å². The Morgan fingerprint density at radius 1 is 1.14 bits per heavy atom. The van der Waals surface area contributed by atoms with E-state index in [4.69, 9.17) is 0 Å². The van der Waals surface area contributed by atoms with Crippen molar-refractivity contribution in [3.63, 3.8) is 0 Å². The summed E-state index contributed by atoms with van der Waals surface area (Å²) in [4.78, 5) is 0. The average Bonchev–Trinajstić information content (AvgIpc) is 2.36. The molecule has 0 spiro atoms. The van der Waals surface area contributed by atoms with Crippen LogP contribution in [0.15, 0.2) is 12.1 Å². The third-order valence-electron chi connectivity index (χ3n) is 6.33. The molecule has 2 aliphatic carbocycles. The van der Waals surface area contributed by atoms with E-state index in [2.05, 4.69) is 40.7 Å². The minimum Gasteiger partial charge on any atom is -0.508 e. The number of aliphatic hydroxyl groups is 1. The highest BCUT2D eigenvalue weighted by Gasteiger charge is 2.52. The summed E-state index contributed by atoms with van der Waals surface area (Å²) in [5, 5.41) is 20.9. The summed E-state index contributed by atoms with van der Waals surface area (Å²) < 4.78 is 0. The third kappa shape index (κ3) is 2.27. The number of aryl methyl sites for hydroxylation is 1. The minimum absolute atomic E-state index is 0.0261. The quantitative estimate of drug-likeness (QED) is 0.801. The number of aromatic hydroxyl groups is 1. The molecule has 1 saturated carbocycles. The molecular formula is C20H30O2. The Morgan fingerprint density at radius 3 is 2.45 bits per heavy atom. The van der Waals surface area contributed by atoms with Crippen molar-refractivity contribution in [1.29, 1.82) is 0 Å². The van der Waals surface area contributed by atoms with Gasteiger partial charge in [0.2, 0.25) is 0 Å². The highest BCUT2D eigenvalue weighted by molar-refractivity contribution is 5.48. The molecule has 0 heterocycles. The lowest BCUT2D eigenvalue weighted by atomic mass is 9.49. The molecule has 1 aromatic rings. The van der Waals surface area contributed by atoms with Crippen molar-refractivity contribution < 1.29 is 10.2 Å². The molecule has 0 aromatic heterocycles. The van der Waals surface area contributed by atoms with Crippen LogP contribution >= 0.6 is 0 Å². The standard InChI is InChI=1S/C20H30O2/c1-12(2)15-8-13-6-7-18-19(3,4)10-14(21)11-20(18,5)16(13)9-17(15)22/h8-9,12,14,18,21-22H,6-7,10-11H2,1-5H3/t14-,18+,20-/m1/s1. The Hall–Kier alpha value is -1.02. The maximum Gasteiger partial charge on any atom is 0.119 e. The third-order valence-corrected chi connectivity index (χ3v) is 6.33. The molecule has 3 rings (SSSR count). The Balaban J connectivity index is 2.13. The molecule has 2 heteroatoms. The summed E-state index contributed by atoms with van der Waals surface area (Å²) in [5.41, 5.74) is 3.83. The van der Waals surface area contributed by atoms with E-state index < -0.39 is 0 Å². The van der Waals surface area contributed by atoms with Crippen LogP contribution in [0.4, 0.5) is 0 Å². The lowest BCUT2D eigenvalue weighted by molar-refractivity contribution is -0.0384. The van der Waals surface area contributed by atoms with Gasteiger partial charge in [0.1, 0.15) is 5.75 Å². The van der Waals surface area contributed by atoms with Gasteiger partial charge in [0.05, 0.1) is 6.10 Å². The predicted molar refractivity (Wildman–Crippen MR) is 90.4 cm³/mol. The van der Waals surface area contributed by atoms with E-state index in [1.54, 1.807) is 0 Å². The number of rotatable bonds is 1. The number of phenols is 1. The van der Waals surface area contributed by atoms with Crippen LogP contribution in [0.25, 0.3) is 0 Å². The summed E-state index contributed by atoms with van der Waals surface area (Å²) >= 11 is 0. The average molecular weight is 302 g/mol. The Kier molecular flexibility index (Phi) is 3.60. The fourth-order valence-corrected chi connectivity index (χ4v) is 5.48. The van der Waals surface area contributed by atoms with Crippen molar-refractivity contribution in [2.45, 2.75) is 77.7 Å². The maximum absolute atomic E-state index is 10.5. The smallest absolute Gasteiger partial charge is 0.119 e. The largest absolute Gasteiger partial charge is 0.508 e. The molecule has 0 radical (unpaired) electrons. The van der Waals surface area contributed by atoms with Gasteiger partial charge in [0, 0.05) is 0 Å². The number of benzene rings is 1. The van der Waals surface area contributed by atoms with Gasteiger partial charge in [0.15, 0.2) is 0 Å². The SMILES string of the molecule is CC(C)c1cc2c(cc1O)[C@@]1(C)C[C@H](O)CC(C)(C)[C@@H]1CC2. The zero-order valence-corrected chi connectivity index (χ0v) is 14.6. The summed E-state index contributed by atoms with van der Waals surface area (Å²) in [6.45, 7) is 11.1. The molecule has 1 aromatic carbocycles. The van der Waals surface area contributed by atoms with Crippen LogP contribution in [-0.2, 0) is 11.8 Å². The first-order valence-electron chi connectivity index (χ1n) is 8.69. The fourth-order valence-electron chi connectivity index (χ4n) is 5.48. The molecule has 122 valence electrons. The van der Waals surface area contributed by atoms with Crippen LogP contribution in [0.2, 0.25) is 0 Å². The molecule has 2 nitrogen and oxygen atoms in total. The van der Waals surface area contributed by atoms with E-state index in [0.29, 0.717) is 17.6 Å². The van der Waals surface area contributed by atoms with E-state index in [0.717, 1.165) is 24.8 Å². The van der Waals surface area contributed by atoms with Crippen molar-refractivity contribution in [2.75, 3.05) is 0 Å². The Bertz CT molecular complexity index is 588. The highest BCUT2D eigenvalue weighted by atomic mass is 16.3. The first-order chi connectivity index (χ1) is 10.1. The Morgan fingerprint density at radius 2 is 1.82 bits per heavy atom. The number of phenolic OH excluding ortho intramolecular Hbond substituents is 1. The normalized spacial score (nSPS) is 33.4. The number of hydrogen-bond donors (Lipinski definition) is 2. The van der Waals surface area contributed by atoms with Crippen molar-refractivity contribution in [1.82, 2.24) is 0 Å². The first kappa shape index (κ1) is 15.9. The molecule has 22 heavy (non-hydrogen) atoms. The molecular weight excluding hydrogens is 272 g/mol. The summed E-state index contributed by atoms with van der Waals surface area (Å²) in [5.74, 6) is 1.33. The van der Waals surface area contributed by atoms with E-state index in [9.17, 15) is 10.2 Å². The van der Waals surface area contributed by atoms with Gasteiger partial charge >= 0.3 is 0 Å². The number of hydrogen-bond acceptors (Lipinski definition) is 2. The molecule has 0 unspecified atom stereocenters. The predicted octanol–water partition coefficient (Wildman–Crippen LogP) is 4.52. The van der Waals surface area contributed by atoms with Crippen molar-refractivity contribution in [3.05, 3.63) is 28.8 Å². The van der Waals surface area contributed by atoms with E-state index in [1.165, 1.54) is 17.5 Å². The first-order valence-corrected chi connectivity index (χ1v) is 8.69. The van der Waals surface area contributed by atoms with Gasteiger partial charge in [-0.2, -0.15) is 0 Å². The van der Waals surface area contributed by atoms with Gasteiger partial charge in [-0.1, -0.05) is 40.7 Å². The minimum atomic E-state index is -0.242. The van der Waals surface area contributed by atoms with E-state index in [1.807, 2.05) is 6.07 Å². The summed E-state index contributed by atoms with van der Waals surface area (Å²) in [6, 6.07) is 4.22. The fraction of sp³-hybridized carbons (Fsp3) is 0.700. The maximum atomic E-state index is 10.5. The molecule has 3 atom stereocenters. The van der Waals surface area contributed by atoms with E-state index >= 15 is 0 Å². The molecule has 2 N–H and O–H groups in total. The van der Waals surface area contributed by atoms with Gasteiger partial charge in [-0.3, -0.25) is 0 Å². The van der Waals surface area contributed by atoms with Crippen LogP contribution in [0.1, 0.15) is 76.5 Å². The second kappa shape index (κ2) is 4.99. The second-order valence-electron chi connectivity index (χ2n) is 8.78. The summed E-state index contributed by atoms with van der Waals surface area (Å²) in [6.07, 6.45) is 3.74. The van der Waals surface area contributed by atoms with Crippen molar-refractivity contribution >= 4 is 0 Å². The van der Waals surface area contributed by atoms with Gasteiger partial charge in [-0.15, -0.1) is 0 Å². The Labute approximate surface area is 134 Å². The molecule has 0 aliphatic heterocycles. The van der Waals surface area contributed by atoms with Crippen LogP contribution < -0.4 is 0 Å². The van der Waals surface area contributed by atoms with Crippen LogP contribution in [0.5, 0.6) is 5.75 Å². The lowest BCUT2D eigenvalue weighted by Crippen LogP contribution is -2.52. The van der Waals surface area contributed by atoms with Gasteiger partial charge in [0.25, 0.3) is 0 Å². The van der Waals surface area contributed by atoms with Gasteiger partial charge < -0.3 is 10.2 Å². The van der Waals surface area contributed by atoms with Crippen molar-refractivity contribution in [3.8, 4) is 5.75 Å². The molecule has 0 bridgehead atoms. The number of fused-ring (bicyclic) bond motifs is 3. The molecule has 2 aliphatic rings. The van der Waals surface area contributed by atoms with Crippen LogP contribution in [0, 0.1) is 11.3 Å². The zero-order valence-electron chi connectivity index (χ0n) is 14.6. The highest BCUT2D eigenvalue weighted by Crippen LogP contribution is 2.57. The van der Waals surface area contributed by atoms with E-state index in [-0.39, 0.29) is 16.9 Å². The molecule has 0 saturated heterocycles. The van der Waals surface area contributed by atoms with Crippen molar-refractivity contribution in [2.24, 2.45) is 11.3 Å². The molecule has 1 fully saturated rings. The second-order valence-corrected chi connectivity index (χ2v) is 8.78. The lowest BCUT2D eigenvalue weighted by Gasteiger charge is -2.55. The van der Waals surface area contributed by atoms with Crippen LogP contribution in [-0.4, -0.2) is 16.3 Å². The molecule has 0 amide bonds. The zero-order chi connectivity index (χ0) is 16.3. The summed E-state index contributed by atoms with van der Waals surface area (Å²) in [7, 11) is 0. The van der Waals surface area contributed by atoms with Gasteiger partial charge in [-0.05, 0) is 71.1 Å². The van der Waals surface area contributed by atoms with Crippen LogP contribution in [0.3, 0.4) is 0 Å².